The van der Waals surface area contributed by atoms with Crippen LogP contribution in [0.5, 0.6) is 0 Å². The summed E-state index contributed by atoms with van der Waals surface area (Å²) in [7, 11) is 0. The molecule has 4 aromatic rings. The minimum absolute atomic E-state index is 0.0819. The van der Waals surface area contributed by atoms with Crippen molar-refractivity contribution in [3.05, 3.63) is 106 Å². The van der Waals surface area contributed by atoms with Crippen LogP contribution in [0.4, 0.5) is 11.4 Å². The van der Waals surface area contributed by atoms with Crippen molar-refractivity contribution in [1.29, 1.82) is 0 Å². The van der Waals surface area contributed by atoms with E-state index in [1.165, 1.54) is 0 Å². The minimum atomic E-state index is -1.04. The Labute approximate surface area is 324 Å². The van der Waals surface area contributed by atoms with Gasteiger partial charge in [-0.15, -0.1) is 0 Å². The van der Waals surface area contributed by atoms with Gasteiger partial charge in [0.1, 0.15) is 23.5 Å². The lowest BCUT2D eigenvalue weighted by molar-refractivity contribution is -0.140. The number of aliphatic hydroxyl groups is 2. The first-order valence-electron chi connectivity index (χ1n) is 18.9. The van der Waals surface area contributed by atoms with Crippen molar-refractivity contribution in [2.45, 2.75) is 89.4 Å². The first-order chi connectivity index (χ1) is 27.0. The van der Waals surface area contributed by atoms with Gasteiger partial charge in [-0.3, -0.25) is 29.1 Å². The Hall–Kier alpha value is -5.54. The number of benzene rings is 2. The number of aliphatic carboxylic acids is 2. The van der Waals surface area contributed by atoms with Crippen LogP contribution in [0.1, 0.15) is 105 Å². The summed E-state index contributed by atoms with van der Waals surface area (Å²) in [5.74, 6) is -2.28. The molecule has 2 amide bonds. The van der Waals surface area contributed by atoms with E-state index >= 15 is 0 Å². The molecule has 14 heteroatoms. The van der Waals surface area contributed by atoms with Crippen LogP contribution in [0, 0.1) is 13.8 Å². The molecule has 56 heavy (non-hydrogen) atoms. The molecule has 0 bridgehead atoms. The second-order valence-corrected chi connectivity index (χ2v) is 14.5. The molecule has 0 unspecified atom stereocenters. The molecule has 2 atom stereocenters. The standard InChI is InChI=1S/C42H48N6O8/c1-23-29(5-3-7-33(23)47-39(51)37-17-31(25-9-10-25)27(21-45-37)19-43-35(13-15-49)41(53)54)30-6-4-8-34(24(30)2)48-40(52)38-18-32(26-11-12-26)28(22-46-38)20-44-36(14-16-50)42(55)56/h3-8,17-18,21-22,25-26,35-36,43-44,49-50H,9-16,19-20H2,1-2H3,(H,47,51)(H,48,52)(H,53,54)(H,55,56)/t35-,36-/m0/s1. The maximum atomic E-state index is 13.6. The van der Waals surface area contributed by atoms with E-state index in [2.05, 4.69) is 31.2 Å². The van der Waals surface area contributed by atoms with Crippen LogP contribution in [0.3, 0.4) is 0 Å². The van der Waals surface area contributed by atoms with Gasteiger partial charge in [0.2, 0.25) is 0 Å². The summed E-state index contributed by atoms with van der Waals surface area (Å²) >= 11 is 0. The van der Waals surface area contributed by atoms with Crippen molar-refractivity contribution >= 4 is 35.1 Å². The van der Waals surface area contributed by atoms with Gasteiger partial charge >= 0.3 is 11.9 Å². The number of hydrogen-bond donors (Lipinski definition) is 8. The van der Waals surface area contributed by atoms with E-state index in [-0.39, 0.29) is 74.2 Å². The van der Waals surface area contributed by atoms with Crippen LogP contribution in [0.25, 0.3) is 11.1 Å². The highest BCUT2D eigenvalue weighted by Gasteiger charge is 2.30. The number of hydrogen-bond acceptors (Lipinski definition) is 10. The monoisotopic (exact) mass is 764 g/mol. The fourth-order valence-corrected chi connectivity index (χ4v) is 6.94. The number of aromatic nitrogens is 2. The average molecular weight is 765 g/mol. The Morgan fingerprint density at radius 1 is 0.661 bits per heavy atom. The van der Waals surface area contributed by atoms with E-state index in [4.69, 9.17) is 0 Å². The molecular formula is C42H48N6O8. The van der Waals surface area contributed by atoms with Crippen molar-refractivity contribution in [1.82, 2.24) is 20.6 Å². The second kappa shape index (κ2) is 17.9. The van der Waals surface area contributed by atoms with Crippen LogP contribution in [-0.4, -0.2) is 79.4 Å². The SMILES string of the molecule is Cc1c(NC(=O)c2cc(C3CC3)c(CN[C@@H](CCO)C(=O)O)cn2)cccc1-c1cccc(NC(=O)c2cc(C3CC3)c(CN[C@@H](CCO)C(=O)O)cn2)c1C. The predicted molar refractivity (Wildman–Crippen MR) is 210 cm³/mol. The second-order valence-electron chi connectivity index (χ2n) is 14.5. The summed E-state index contributed by atoms with van der Waals surface area (Å²) in [5, 5.41) is 49.4. The highest BCUT2D eigenvalue weighted by molar-refractivity contribution is 6.05. The Kier molecular flexibility index (Phi) is 12.9. The van der Waals surface area contributed by atoms with Gasteiger partial charge in [0.15, 0.2) is 0 Å². The van der Waals surface area contributed by atoms with E-state index in [1.807, 2.05) is 50.2 Å². The normalized spacial score (nSPS) is 14.9. The minimum Gasteiger partial charge on any atom is -0.480 e. The summed E-state index contributed by atoms with van der Waals surface area (Å²) in [6.45, 7) is 3.84. The summed E-state index contributed by atoms with van der Waals surface area (Å²) < 4.78 is 0. The maximum absolute atomic E-state index is 13.6. The molecule has 0 spiro atoms. The molecule has 2 saturated carbocycles. The molecule has 2 aromatic carbocycles. The van der Waals surface area contributed by atoms with E-state index < -0.39 is 24.0 Å². The lowest BCUT2D eigenvalue weighted by Crippen LogP contribution is -2.37. The molecule has 2 aliphatic carbocycles. The number of nitrogens with one attached hydrogen (secondary N) is 4. The quantitative estimate of drug-likeness (QED) is 0.0641. The first kappa shape index (κ1) is 40.1. The number of carbonyl (C=O) groups is 4. The molecular weight excluding hydrogens is 716 g/mol. The predicted octanol–water partition coefficient (Wildman–Crippen LogP) is 4.87. The smallest absolute Gasteiger partial charge is 0.320 e. The number of aliphatic hydroxyl groups excluding tert-OH is 2. The summed E-state index contributed by atoms with van der Waals surface area (Å²) in [5.41, 5.74) is 8.65. The molecule has 294 valence electrons. The molecule has 2 aliphatic rings. The van der Waals surface area contributed by atoms with Crippen LogP contribution < -0.4 is 21.3 Å². The van der Waals surface area contributed by atoms with Gasteiger partial charge in [-0.1, -0.05) is 24.3 Å². The Morgan fingerprint density at radius 2 is 1.05 bits per heavy atom. The number of anilines is 2. The summed E-state index contributed by atoms with van der Waals surface area (Å²) in [4.78, 5) is 59.1. The van der Waals surface area contributed by atoms with E-state index in [1.54, 1.807) is 24.5 Å². The summed E-state index contributed by atoms with van der Waals surface area (Å²) in [6.07, 6.45) is 7.29. The van der Waals surface area contributed by atoms with E-state index in [9.17, 15) is 39.6 Å². The van der Waals surface area contributed by atoms with Crippen molar-refractivity contribution in [2.75, 3.05) is 23.8 Å². The lowest BCUT2D eigenvalue weighted by atomic mass is 9.94. The fraction of sp³-hybridized carbons (Fsp3) is 0.381. The molecule has 0 saturated heterocycles. The van der Waals surface area contributed by atoms with Crippen LogP contribution in [-0.2, 0) is 22.7 Å². The van der Waals surface area contributed by atoms with Gasteiger partial charge in [0, 0.05) is 50.1 Å². The Bertz CT molecular complexity index is 1970. The largest absolute Gasteiger partial charge is 0.480 e. The van der Waals surface area contributed by atoms with Crippen LogP contribution in [0.15, 0.2) is 60.9 Å². The summed E-state index contributed by atoms with van der Waals surface area (Å²) in [6, 6.07) is 13.0. The molecule has 8 N–H and O–H groups in total. The van der Waals surface area contributed by atoms with Crippen molar-refractivity contribution in [3.63, 3.8) is 0 Å². The Balaban J connectivity index is 1.16. The lowest BCUT2D eigenvalue weighted by Gasteiger charge is -2.18. The number of rotatable bonds is 19. The van der Waals surface area contributed by atoms with Crippen molar-refractivity contribution < 1.29 is 39.6 Å². The van der Waals surface area contributed by atoms with Gasteiger partial charge in [-0.25, -0.2) is 0 Å². The maximum Gasteiger partial charge on any atom is 0.320 e. The molecule has 2 fully saturated rings. The molecule has 14 nitrogen and oxygen atoms in total. The molecule has 6 rings (SSSR count). The zero-order valence-electron chi connectivity index (χ0n) is 31.5. The number of amides is 2. The third-order valence-corrected chi connectivity index (χ3v) is 10.5. The average Bonchev–Trinajstić information content (AvgIpc) is 4.11. The van der Waals surface area contributed by atoms with Gasteiger partial charge in [-0.05, 0) is 133 Å². The number of nitrogens with zero attached hydrogens (tertiary/aromatic N) is 2. The van der Waals surface area contributed by atoms with Crippen molar-refractivity contribution in [3.8, 4) is 11.1 Å². The van der Waals surface area contributed by atoms with Crippen LogP contribution in [0.2, 0.25) is 0 Å². The number of carboxylic acids is 2. The first-order valence-corrected chi connectivity index (χ1v) is 18.9. The van der Waals surface area contributed by atoms with E-state index in [0.29, 0.717) is 11.4 Å². The van der Waals surface area contributed by atoms with Crippen molar-refractivity contribution in [2.24, 2.45) is 0 Å². The number of carbonyl (C=O) groups excluding carboxylic acids is 2. The van der Waals surface area contributed by atoms with Crippen LogP contribution >= 0.6 is 0 Å². The highest BCUT2D eigenvalue weighted by Crippen LogP contribution is 2.43. The zero-order chi connectivity index (χ0) is 39.9. The van der Waals surface area contributed by atoms with E-state index in [0.717, 1.165) is 70.2 Å². The Morgan fingerprint density at radius 3 is 1.39 bits per heavy atom. The topological polar surface area (TPSA) is 223 Å². The van der Waals surface area contributed by atoms with Gasteiger partial charge < -0.3 is 41.7 Å². The third kappa shape index (κ3) is 9.63. The van der Waals surface area contributed by atoms with Gasteiger partial charge in [0.25, 0.3) is 11.8 Å². The number of pyridine rings is 2. The number of carboxylic acid groups (broad SMARTS) is 2. The highest BCUT2D eigenvalue weighted by atomic mass is 16.4. The molecule has 0 radical (unpaired) electrons. The zero-order valence-corrected chi connectivity index (χ0v) is 31.5. The molecule has 2 aromatic heterocycles. The van der Waals surface area contributed by atoms with Gasteiger partial charge in [0.05, 0.1) is 0 Å². The molecule has 2 heterocycles. The third-order valence-electron chi connectivity index (χ3n) is 10.5. The van der Waals surface area contributed by atoms with Gasteiger partial charge in [-0.2, -0.15) is 0 Å². The fourth-order valence-electron chi connectivity index (χ4n) is 6.94. The molecule has 0 aliphatic heterocycles.